The number of aliphatic hydroxyl groups excluding tert-OH is 2. The number of aliphatic hydroxyl groups is 2. The molecule has 0 aliphatic carbocycles. The molecule has 73 heavy (non-hydrogen) atoms. The maximum Gasteiger partial charge on any atom is 0.320 e. The van der Waals surface area contributed by atoms with Crippen molar-refractivity contribution in [1.82, 2.24) is 31.2 Å². The zero-order valence-electron chi connectivity index (χ0n) is 40.1. The van der Waals surface area contributed by atoms with Crippen molar-refractivity contribution in [2.24, 2.45) is 0 Å². The lowest BCUT2D eigenvalue weighted by Crippen LogP contribution is -2.37. The molecule has 2 aliphatic heterocycles. The summed E-state index contributed by atoms with van der Waals surface area (Å²) in [6.45, 7) is 5.00. The van der Waals surface area contributed by atoms with E-state index >= 15 is 0 Å². The maximum absolute atomic E-state index is 12.3. The van der Waals surface area contributed by atoms with E-state index in [0.717, 1.165) is 39.7 Å². The van der Waals surface area contributed by atoms with Crippen LogP contribution in [-0.4, -0.2) is 74.7 Å². The monoisotopic (exact) mass is 1030 g/mol. The summed E-state index contributed by atoms with van der Waals surface area (Å²) in [5.41, 5.74) is 10.6. The van der Waals surface area contributed by atoms with E-state index < -0.39 is 18.1 Å². The molecule has 2 atom stereocenters. The fourth-order valence-electron chi connectivity index (χ4n) is 8.51. The summed E-state index contributed by atoms with van der Waals surface area (Å²) in [5.74, 6) is -0.00536. The third kappa shape index (κ3) is 12.6. The van der Waals surface area contributed by atoms with Crippen LogP contribution in [0.15, 0.2) is 85.2 Å². The fourth-order valence-corrected chi connectivity index (χ4v) is 8.99. The number of carbonyl (C=O) groups excluding carboxylic acids is 3. The fraction of sp³-hybridized carbons (Fsp3) is 0.296. The molecule has 19 heteroatoms. The Morgan fingerprint density at radius 1 is 0.644 bits per heavy atom. The Bertz CT molecular complexity index is 3050. The van der Waals surface area contributed by atoms with Crippen molar-refractivity contribution < 1.29 is 53.4 Å². The highest BCUT2D eigenvalue weighted by Gasteiger charge is 2.24. The molecular formula is C54H54Cl2N6O11. The van der Waals surface area contributed by atoms with E-state index in [4.69, 9.17) is 42.1 Å². The predicted molar refractivity (Wildman–Crippen MR) is 271 cm³/mol. The summed E-state index contributed by atoms with van der Waals surface area (Å²) in [5, 5.41) is 40.8. The summed E-state index contributed by atoms with van der Waals surface area (Å²) in [4.78, 5) is 57.0. The van der Waals surface area contributed by atoms with E-state index in [2.05, 4.69) is 31.2 Å². The zero-order chi connectivity index (χ0) is 51.6. The van der Waals surface area contributed by atoms with Gasteiger partial charge in [-0.3, -0.25) is 24.4 Å². The molecule has 6 aromatic rings. The largest absolute Gasteiger partial charge is 0.488 e. The van der Waals surface area contributed by atoms with Crippen LogP contribution in [0.4, 0.5) is 0 Å². The van der Waals surface area contributed by atoms with Gasteiger partial charge in [-0.25, -0.2) is 0 Å². The SMILES string of the molecule is Cc1c(COc2cc(OCc3cnc4c(c3)C(=O)NC4)c(CNC(C=O)CCO)cc2Cl)cccc1-c1cccc(COc2cc(OCc3cnc4c(c3)C(=O)NC4)c(CNC(CCO)C(=O)O)cc2Cl)c1C. The molecule has 2 aliphatic rings. The number of amides is 2. The number of aromatic nitrogens is 2. The van der Waals surface area contributed by atoms with Crippen LogP contribution in [0.3, 0.4) is 0 Å². The van der Waals surface area contributed by atoms with Gasteiger partial charge >= 0.3 is 5.97 Å². The van der Waals surface area contributed by atoms with Crippen LogP contribution >= 0.6 is 23.2 Å². The average Bonchev–Trinajstić information content (AvgIpc) is 3.95. The van der Waals surface area contributed by atoms with Gasteiger partial charge in [0.2, 0.25) is 0 Å². The molecular weight excluding hydrogens is 980 g/mol. The van der Waals surface area contributed by atoms with Gasteiger partial charge in [-0.2, -0.15) is 0 Å². The van der Waals surface area contributed by atoms with Gasteiger partial charge in [0.15, 0.2) is 0 Å². The lowest BCUT2D eigenvalue weighted by atomic mass is 9.92. The minimum Gasteiger partial charge on any atom is -0.488 e. The number of aliphatic carboxylic acids is 1. The topological polar surface area (TPSA) is 240 Å². The second kappa shape index (κ2) is 24.1. The van der Waals surface area contributed by atoms with Gasteiger partial charge in [0.1, 0.15) is 61.8 Å². The number of pyridine rings is 2. The number of fused-ring (bicyclic) bond motifs is 2. The first-order valence-electron chi connectivity index (χ1n) is 23.6. The van der Waals surface area contributed by atoms with E-state index in [1.54, 1.807) is 48.8 Å². The van der Waals surface area contributed by atoms with Crippen molar-refractivity contribution in [3.05, 3.63) is 162 Å². The van der Waals surface area contributed by atoms with Crippen LogP contribution in [-0.2, 0) is 62.2 Å². The van der Waals surface area contributed by atoms with Crippen LogP contribution < -0.4 is 40.2 Å². The van der Waals surface area contributed by atoms with Crippen molar-refractivity contribution in [2.75, 3.05) is 13.2 Å². The molecule has 4 aromatic carbocycles. The van der Waals surface area contributed by atoms with Crippen LogP contribution in [0.2, 0.25) is 10.0 Å². The van der Waals surface area contributed by atoms with Crippen LogP contribution in [0.5, 0.6) is 23.0 Å². The summed E-state index contributed by atoms with van der Waals surface area (Å²) < 4.78 is 25.4. The average molecular weight is 1030 g/mol. The number of carboxylic acid groups (broad SMARTS) is 1. The van der Waals surface area contributed by atoms with E-state index in [-0.39, 0.29) is 82.4 Å². The van der Waals surface area contributed by atoms with Crippen molar-refractivity contribution in [3.8, 4) is 34.1 Å². The number of nitrogens with zero attached hydrogens (tertiary/aromatic N) is 2. The molecule has 7 N–H and O–H groups in total. The van der Waals surface area contributed by atoms with E-state index in [9.17, 15) is 34.5 Å². The lowest BCUT2D eigenvalue weighted by Gasteiger charge is -2.19. The first-order valence-corrected chi connectivity index (χ1v) is 24.3. The number of halogens is 2. The molecule has 17 nitrogen and oxygen atoms in total. The maximum atomic E-state index is 12.3. The smallest absolute Gasteiger partial charge is 0.320 e. The van der Waals surface area contributed by atoms with Gasteiger partial charge in [-0.1, -0.05) is 59.6 Å². The molecule has 0 fully saturated rings. The van der Waals surface area contributed by atoms with Gasteiger partial charge < -0.3 is 60.3 Å². The molecule has 8 rings (SSSR count). The number of ether oxygens (including phenoxy) is 4. The number of rotatable bonds is 25. The Hall–Kier alpha value is -7.12. The molecule has 0 bridgehead atoms. The van der Waals surface area contributed by atoms with Crippen molar-refractivity contribution in [3.63, 3.8) is 0 Å². The zero-order valence-corrected chi connectivity index (χ0v) is 41.6. The van der Waals surface area contributed by atoms with Gasteiger partial charge in [0, 0.05) is 73.1 Å². The molecule has 2 unspecified atom stereocenters. The predicted octanol–water partition coefficient (Wildman–Crippen LogP) is 6.83. The Labute approximate surface area is 431 Å². The number of hydrogen-bond donors (Lipinski definition) is 7. The highest BCUT2D eigenvalue weighted by molar-refractivity contribution is 6.32. The standard InChI is InChI=1S/C54H54Cl2N6O11/c1-30-34(28-72-50-17-48(36(15-43(50)55)21-57-38(25-65)9-11-63)70-26-32-13-41-46(58-19-32)23-61-52(41)66)5-3-7-39(30)40-8-4-6-35(31(40)2)29-73-51-18-49(37(16-44(51)56)22-60-45(10-12-64)54(68)69)71-27-33-14-42-47(59-20-33)24-62-53(42)67/h3-8,13-20,25,38,45,57,60,63-64H,9-12,21-24,26-29H2,1-2H3,(H,61,66)(H,62,67)(H,68,69). The van der Waals surface area contributed by atoms with Crippen LogP contribution in [0.25, 0.3) is 11.1 Å². The third-order valence-electron chi connectivity index (χ3n) is 12.8. The minimum atomic E-state index is -1.11. The lowest BCUT2D eigenvalue weighted by molar-refractivity contribution is -0.140. The molecule has 0 spiro atoms. The van der Waals surface area contributed by atoms with E-state index in [1.807, 2.05) is 50.2 Å². The quantitative estimate of drug-likeness (QED) is 0.0291. The van der Waals surface area contributed by atoms with E-state index in [0.29, 0.717) is 85.9 Å². The minimum absolute atomic E-state index is 0.00164. The number of carbonyl (C=O) groups is 4. The summed E-state index contributed by atoms with van der Waals surface area (Å²) in [6, 6.07) is 20.6. The molecule has 380 valence electrons. The summed E-state index contributed by atoms with van der Waals surface area (Å²) in [6.07, 6.45) is 4.28. The summed E-state index contributed by atoms with van der Waals surface area (Å²) >= 11 is 13.7. The highest BCUT2D eigenvalue weighted by Crippen LogP contribution is 2.38. The highest BCUT2D eigenvalue weighted by atomic mass is 35.5. The Kier molecular flexibility index (Phi) is 17.2. The first-order chi connectivity index (χ1) is 35.3. The number of nitrogens with one attached hydrogen (secondary N) is 4. The van der Waals surface area contributed by atoms with Crippen molar-refractivity contribution in [1.29, 1.82) is 0 Å². The molecule has 0 saturated carbocycles. The second-order valence-corrected chi connectivity index (χ2v) is 18.4. The Morgan fingerprint density at radius 3 is 1.56 bits per heavy atom. The third-order valence-corrected chi connectivity index (χ3v) is 13.3. The molecule has 0 saturated heterocycles. The van der Waals surface area contributed by atoms with Crippen LogP contribution in [0, 0.1) is 13.8 Å². The molecule has 2 amide bonds. The van der Waals surface area contributed by atoms with E-state index in [1.165, 1.54) is 0 Å². The first kappa shape index (κ1) is 52.2. The Balaban J connectivity index is 0.987. The Morgan fingerprint density at radius 2 is 1.11 bits per heavy atom. The number of hydrogen-bond acceptors (Lipinski definition) is 14. The van der Waals surface area contributed by atoms with Crippen LogP contribution in [0.1, 0.15) is 89.5 Å². The van der Waals surface area contributed by atoms with Crippen molar-refractivity contribution >= 4 is 47.3 Å². The van der Waals surface area contributed by atoms with Gasteiger partial charge in [0.05, 0.1) is 51.7 Å². The number of aldehydes is 1. The summed E-state index contributed by atoms with van der Waals surface area (Å²) in [7, 11) is 0. The van der Waals surface area contributed by atoms with Gasteiger partial charge in [-0.05, 0) is 84.3 Å². The van der Waals surface area contributed by atoms with Crippen molar-refractivity contribution in [2.45, 2.75) is 91.4 Å². The van der Waals surface area contributed by atoms with Gasteiger partial charge in [0.25, 0.3) is 11.8 Å². The van der Waals surface area contributed by atoms with Gasteiger partial charge in [-0.15, -0.1) is 0 Å². The molecule has 0 radical (unpaired) electrons. The molecule has 4 heterocycles. The normalized spacial score (nSPS) is 13.4. The second-order valence-electron chi connectivity index (χ2n) is 17.6. The molecule has 2 aromatic heterocycles. The number of benzene rings is 4. The number of carboxylic acids is 1.